The Morgan fingerprint density at radius 2 is 1.88 bits per heavy atom. The molecule has 3 aromatic rings. The van der Waals surface area contributed by atoms with Gasteiger partial charge in [-0.3, -0.25) is 9.89 Å². The van der Waals surface area contributed by atoms with Crippen LogP contribution in [-0.4, -0.2) is 22.7 Å². The van der Waals surface area contributed by atoms with Crippen molar-refractivity contribution in [2.75, 3.05) is 11.9 Å². The zero-order valence-corrected chi connectivity index (χ0v) is 13.0. The number of carbonyl (C=O) groups excluding carboxylic acids is 1. The third kappa shape index (κ3) is 3.60. The molecule has 3 rings (SSSR count). The topological polar surface area (TPSA) is 67.0 Å². The van der Waals surface area contributed by atoms with Gasteiger partial charge in [0.15, 0.2) is 6.61 Å². The number of hydrogen-bond donors (Lipinski definition) is 2. The van der Waals surface area contributed by atoms with E-state index in [2.05, 4.69) is 15.5 Å². The molecule has 122 valence electrons. The molecule has 0 radical (unpaired) electrons. The smallest absolute Gasteiger partial charge is 0.262 e. The predicted molar refractivity (Wildman–Crippen MR) is 89.3 cm³/mol. The van der Waals surface area contributed by atoms with Crippen molar-refractivity contribution in [1.82, 2.24) is 10.2 Å². The van der Waals surface area contributed by atoms with Crippen LogP contribution in [0.3, 0.4) is 0 Å². The molecular formula is C18H16FN3O2. The van der Waals surface area contributed by atoms with Crippen LogP contribution in [0.25, 0.3) is 11.3 Å². The van der Waals surface area contributed by atoms with E-state index < -0.39 is 0 Å². The van der Waals surface area contributed by atoms with Crippen LogP contribution in [0, 0.1) is 12.7 Å². The Kier molecular flexibility index (Phi) is 4.56. The molecule has 2 aromatic carbocycles. The van der Waals surface area contributed by atoms with E-state index in [1.54, 1.807) is 31.2 Å². The molecule has 5 nitrogen and oxygen atoms in total. The lowest BCUT2D eigenvalue weighted by molar-refractivity contribution is -0.118. The highest BCUT2D eigenvalue weighted by Crippen LogP contribution is 2.28. The van der Waals surface area contributed by atoms with Gasteiger partial charge in [-0.15, -0.1) is 0 Å². The summed E-state index contributed by atoms with van der Waals surface area (Å²) in [6, 6.07) is 15.0. The number of nitrogens with one attached hydrogen (secondary N) is 2. The first-order chi connectivity index (χ1) is 11.6. The third-order valence-corrected chi connectivity index (χ3v) is 3.44. The number of halogens is 1. The van der Waals surface area contributed by atoms with Crippen LogP contribution >= 0.6 is 0 Å². The number of anilines is 1. The van der Waals surface area contributed by atoms with E-state index in [4.69, 9.17) is 4.74 Å². The SMILES string of the molecule is Cc1[nH]nc(-c2ccc(F)cc2)c1NC(=O)COc1ccccc1. The molecule has 1 aromatic heterocycles. The maximum absolute atomic E-state index is 13.1. The molecule has 0 aliphatic heterocycles. The quantitative estimate of drug-likeness (QED) is 0.754. The molecule has 0 saturated heterocycles. The number of aryl methyl sites for hydroxylation is 1. The maximum Gasteiger partial charge on any atom is 0.262 e. The number of amides is 1. The molecule has 0 bridgehead atoms. The summed E-state index contributed by atoms with van der Waals surface area (Å²) in [5.74, 6) is -0.00473. The van der Waals surface area contributed by atoms with Crippen LogP contribution in [0.1, 0.15) is 5.69 Å². The fourth-order valence-electron chi connectivity index (χ4n) is 2.24. The molecule has 0 aliphatic rings. The van der Waals surface area contributed by atoms with Crippen LogP contribution in [0.4, 0.5) is 10.1 Å². The Morgan fingerprint density at radius 1 is 1.17 bits per heavy atom. The van der Waals surface area contributed by atoms with Crippen LogP contribution in [0.5, 0.6) is 5.75 Å². The summed E-state index contributed by atoms with van der Waals surface area (Å²) in [4.78, 5) is 12.1. The standard InChI is InChI=1S/C18H16FN3O2/c1-12-17(18(22-21-12)13-7-9-14(19)10-8-13)20-16(23)11-24-15-5-3-2-4-6-15/h2-10H,11H2,1H3,(H,20,23)(H,21,22). The summed E-state index contributed by atoms with van der Waals surface area (Å²) >= 11 is 0. The lowest BCUT2D eigenvalue weighted by Gasteiger charge is -2.08. The van der Waals surface area contributed by atoms with Gasteiger partial charge in [0.05, 0.1) is 11.4 Å². The van der Waals surface area contributed by atoms with Crippen molar-refractivity contribution in [2.45, 2.75) is 6.92 Å². The first-order valence-corrected chi connectivity index (χ1v) is 7.42. The van der Waals surface area contributed by atoms with E-state index in [-0.39, 0.29) is 18.3 Å². The number of rotatable bonds is 5. The van der Waals surface area contributed by atoms with Crippen molar-refractivity contribution in [1.29, 1.82) is 0 Å². The molecule has 1 heterocycles. The number of benzene rings is 2. The average molecular weight is 325 g/mol. The van der Waals surface area contributed by atoms with Crippen LogP contribution < -0.4 is 10.1 Å². The van der Waals surface area contributed by atoms with Crippen molar-refractivity contribution in [2.24, 2.45) is 0 Å². The van der Waals surface area contributed by atoms with Crippen LogP contribution in [-0.2, 0) is 4.79 Å². The van der Waals surface area contributed by atoms with Gasteiger partial charge in [-0.1, -0.05) is 18.2 Å². The Hall–Kier alpha value is -3.15. The molecule has 1 amide bonds. The van der Waals surface area contributed by atoms with Crippen molar-refractivity contribution >= 4 is 11.6 Å². The van der Waals surface area contributed by atoms with Crippen molar-refractivity contribution < 1.29 is 13.9 Å². The van der Waals surface area contributed by atoms with E-state index in [0.717, 1.165) is 0 Å². The molecule has 0 saturated carbocycles. The molecule has 0 aliphatic carbocycles. The van der Waals surface area contributed by atoms with Crippen molar-refractivity contribution in [3.05, 3.63) is 66.1 Å². The normalized spacial score (nSPS) is 10.4. The van der Waals surface area contributed by atoms with E-state index in [0.29, 0.717) is 28.4 Å². The van der Waals surface area contributed by atoms with Gasteiger partial charge >= 0.3 is 0 Å². The van der Waals surface area contributed by atoms with Gasteiger partial charge in [0, 0.05) is 5.56 Å². The number of nitrogens with zero attached hydrogens (tertiary/aromatic N) is 1. The minimum atomic E-state index is -0.326. The minimum Gasteiger partial charge on any atom is -0.484 e. The number of para-hydroxylation sites is 1. The number of aromatic nitrogens is 2. The monoisotopic (exact) mass is 325 g/mol. The van der Waals surface area contributed by atoms with Gasteiger partial charge in [-0.2, -0.15) is 5.10 Å². The lowest BCUT2D eigenvalue weighted by atomic mass is 10.1. The highest BCUT2D eigenvalue weighted by Gasteiger charge is 2.15. The summed E-state index contributed by atoms with van der Waals surface area (Å²) < 4.78 is 18.5. The number of H-pyrrole nitrogens is 1. The summed E-state index contributed by atoms with van der Waals surface area (Å²) in [5.41, 5.74) is 2.53. The van der Waals surface area contributed by atoms with Gasteiger partial charge in [0.1, 0.15) is 17.3 Å². The van der Waals surface area contributed by atoms with E-state index in [1.807, 2.05) is 18.2 Å². The van der Waals surface area contributed by atoms with Crippen molar-refractivity contribution in [3.8, 4) is 17.0 Å². The average Bonchev–Trinajstić information content (AvgIpc) is 2.95. The Balaban J connectivity index is 1.72. The number of carbonyl (C=O) groups is 1. The molecule has 0 atom stereocenters. The molecule has 0 spiro atoms. The zero-order valence-electron chi connectivity index (χ0n) is 13.0. The molecular weight excluding hydrogens is 309 g/mol. The number of hydrogen-bond acceptors (Lipinski definition) is 3. The fourth-order valence-corrected chi connectivity index (χ4v) is 2.24. The van der Waals surface area contributed by atoms with Gasteiger partial charge < -0.3 is 10.1 Å². The van der Waals surface area contributed by atoms with Crippen LogP contribution in [0.2, 0.25) is 0 Å². The highest BCUT2D eigenvalue weighted by molar-refractivity contribution is 5.96. The highest BCUT2D eigenvalue weighted by atomic mass is 19.1. The second-order valence-electron chi connectivity index (χ2n) is 5.23. The Labute approximate surface area is 138 Å². The summed E-state index contributed by atoms with van der Waals surface area (Å²) in [6.07, 6.45) is 0. The maximum atomic E-state index is 13.1. The lowest BCUT2D eigenvalue weighted by Crippen LogP contribution is -2.20. The van der Waals surface area contributed by atoms with Gasteiger partial charge in [0.2, 0.25) is 0 Å². The Bertz CT molecular complexity index is 829. The van der Waals surface area contributed by atoms with E-state index in [9.17, 15) is 9.18 Å². The minimum absolute atomic E-state index is 0.114. The first kappa shape index (κ1) is 15.7. The van der Waals surface area contributed by atoms with Crippen molar-refractivity contribution in [3.63, 3.8) is 0 Å². The summed E-state index contributed by atoms with van der Waals surface area (Å²) in [7, 11) is 0. The van der Waals surface area contributed by atoms with E-state index in [1.165, 1.54) is 12.1 Å². The summed E-state index contributed by atoms with van der Waals surface area (Å²) in [6.45, 7) is 1.69. The van der Waals surface area contributed by atoms with Gasteiger partial charge in [0.25, 0.3) is 5.91 Å². The van der Waals surface area contributed by atoms with E-state index >= 15 is 0 Å². The van der Waals surface area contributed by atoms with Crippen LogP contribution in [0.15, 0.2) is 54.6 Å². The largest absolute Gasteiger partial charge is 0.484 e. The molecule has 6 heteroatoms. The second-order valence-corrected chi connectivity index (χ2v) is 5.23. The number of aromatic amines is 1. The zero-order chi connectivity index (χ0) is 16.9. The summed E-state index contributed by atoms with van der Waals surface area (Å²) in [5, 5.41) is 9.80. The second kappa shape index (κ2) is 6.95. The predicted octanol–water partition coefficient (Wildman–Crippen LogP) is 3.54. The first-order valence-electron chi connectivity index (χ1n) is 7.42. The molecule has 0 fully saturated rings. The number of ether oxygens (including phenoxy) is 1. The molecule has 2 N–H and O–H groups in total. The Morgan fingerprint density at radius 3 is 2.58 bits per heavy atom. The molecule has 0 unspecified atom stereocenters. The fraction of sp³-hybridized carbons (Fsp3) is 0.111. The van der Waals surface area contributed by atoms with Gasteiger partial charge in [-0.25, -0.2) is 4.39 Å². The molecule has 24 heavy (non-hydrogen) atoms. The third-order valence-electron chi connectivity index (χ3n) is 3.44. The van der Waals surface area contributed by atoms with Gasteiger partial charge in [-0.05, 0) is 43.3 Å².